The molecule has 0 saturated heterocycles. The third kappa shape index (κ3) is 5.46. The lowest BCUT2D eigenvalue weighted by Gasteiger charge is -2.15. The molecule has 1 aromatic rings. The topological polar surface area (TPSA) is 51.8 Å². The van der Waals surface area contributed by atoms with Crippen LogP contribution in [0.1, 0.15) is 19.4 Å². The summed E-state index contributed by atoms with van der Waals surface area (Å²) in [6.07, 6.45) is 0.837. The zero-order valence-electron chi connectivity index (χ0n) is 12.2. The lowest BCUT2D eigenvalue weighted by molar-refractivity contribution is 0.0410. The van der Waals surface area contributed by atoms with Gasteiger partial charge >= 0.3 is 0 Å². The van der Waals surface area contributed by atoms with Crippen LogP contribution < -0.4 is 20.3 Å². The Kier molecular flexibility index (Phi) is 7.25. The molecular weight excluding hydrogens is 244 g/mol. The number of hydrazine groups is 1. The van der Waals surface area contributed by atoms with Gasteiger partial charge in [0.05, 0.1) is 14.2 Å². The predicted octanol–water partition coefficient (Wildman–Crippen LogP) is 1.72. The summed E-state index contributed by atoms with van der Waals surface area (Å²) in [5, 5.41) is 0. The fraction of sp³-hybridized carbons (Fsp3) is 0.571. The van der Waals surface area contributed by atoms with Crippen molar-refractivity contribution in [2.24, 2.45) is 0 Å². The van der Waals surface area contributed by atoms with Crippen molar-refractivity contribution in [2.45, 2.75) is 26.5 Å². The molecule has 1 unspecified atom stereocenters. The quantitative estimate of drug-likeness (QED) is 0.406. The van der Waals surface area contributed by atoms with Gasteiger partial charge in [-0.25, -0.2) is 5.43 Å². The first kappa shape index (κ1) is 15.8. The highest BCUT2D eigenvalue weighted by atomic mass is 16.5. The third-order valence-corrected chi connectivity index (χ3v) is 2.73. The summed E-state index contributed by atoms with van der Waals surface area (Å²) in [6, 6.07) is 5.81. The van der Waals surface area contributed by atoms with Gasteiger partial charge in [0.15, 0.2) is 0 Å². The molecule has 0 bridgehead atoms. The van der Waals surface area contributed by atoms with E-state index >= 15 is 0 Å². The summed E-state index contributed by atoms with van der Waals surface area (Å²) in [4.78, 5) is 0. The Morgan fingerprint density at radius 1 is 1.21 bits per heavy atom. The number of benzene rings is 1. The molecule has 0 aliphatic carbocycles. The molecule has 0 spiro atoms. The maximum atomic E-state index is 5.36. The summed E-state index contributed by atoms with van der Waals surface area (Å²) < 4.78 is 15.9. The number of hydrogen-bond donors (Lipinski definition) is 2. The second-order valence-corrected chi connectivity index (χ2v) is 4.10. The van der Waals surface area contributed by atoms with Crippen molar-refractivity contribution < 1.29 is 14.2 Å². The number of nitrogens with one attached hydrogen (secondary N) is 2. The monoisotopic (exact) mass is 268 g/mol. The molecule has 0 aliphatic heterocycles. The van der Waals surface area contributed by atoms with Gasteiger partial charge in [-0.2, -0.15) is 0 Å². The average Bonchev–Trinajstić information content (AvgIpc) is 2.43. The van der Waals surface area contributed by atoms with Gasteiger partial charge < -0.3 is 14.2 Å². The largest absolute Gasteiger partial charge is 0.497 e. The van der Waals surface area contributed by atoms with Crippen LogP contribution in [-0.2, 0) is 11.2 Å². The van der Waals surface area contributed by atoms with Crippen LogP contribution in [0.5, 0.6) is 11.5 Å². The minimum Gasteiger partial charge on any atom is -0.497 e. The van der Waals surface area contributed by atoms with Gasteiger partial charge in [-0.15, -0.1) is 0 Å². The summed E-state index contributed by atoms with van der Waals surface area (Å²) >= 11 is 0. The van der Waals surface area contributed by atoms with E-state index in [0.717, 1.165) is 30.0 Å². The molecule has 0 amide bonds. The van der Waals surface area contributed by atoms with Crippen molar-refractivity contribution in [2.75, 3.05) is 27.4 Å². The first-order valence-electron chi connectivity index (χ1n) is 6.52. The van der Waals surface area contributed by atoms with Gasteiger partial charge in [0.1, 0.15) is 17.7 Å². The highest BCUT2D eigenvalue weighted by Gasteiger charge is 2.05. The summed E-state index contributed by atoms with van der Waals surface area (Å²) in [7, 11) is 3.34. The van der Waals surface area contributed by atoms with Gasteiger partial charge in [-0.3, -0.25) is 5.43 Å². The van der Waals surface area contributed by atoms with Crippen molar-refractivity contribution in [3.05, 3.63) is 23.8 Å². The van der Waals surface area contributed by atoms with Crippen LogP contribution in [0.3, 0.4) is 0 Å². The van der Waals surface area contributed by atoms with E-state index in [1.807, 2.05) is 32.0 Å². The number of ether oxygens (including phenoxy) is 3. The van der Waals surface area contributed by atoms with Crippen LogP contribution in [0.15, 0.2) is 18.2 Å². The number of rotatable bonds is 9. The highest BCUT2D eigenvalue weighted by Crippen LogP contribution is 2.23. The van der Waals surface area contributed by atoms with E-state index < -0.39 is 0 Å². The fourth-order valence-electron chi connectivity index (χ4n) is 1.78. The number of methoxy groups -OCH3 is 2. The van der Waals surface area contributed by atoms with Crippen molar-refractivity contribution in [3.8, 4) is 11.5 Å². The normalized spacial score (nSPS) is 12.2. The molecule has 0 heterocycles. The molecule has 19 heavy (non-hydrogen) atoms. The van der Waals surface area contributed by atoms with E-state index in [1.165, 1.54) is 0 Å². The van der Waals surface area contributed by atoms with E-state index in [1.54, 1.807) is 14.2 Å². The molecule has 2 N–H and O–H groups in total. The molecule has 1 rings (SSSR count). The number of hydrogen-bond acceptors (Lipinski definition) is 5. The minimum absolute atomic E-state index is 0.00259. The van der Waals surface area contributed by atoms with Crippen LogP contribution in [0.4, 0.5) is 0 Å². The molecule has 5 heteroatoms. The van der Waals surface area contributed by atoms with E-state index in [0.29, 0.717) is 6.61 Å². The standard InChI is InChI=1S/C14H24N2O3/c1-5-19-11(2)16-15-9-8-12-10-13(17-3)6-7-14(12)18-4/h6-7,10-11,15-16H,5,8-9H2,1-4H3. The first-order chi connectivity index (χ1) is 9.21. The van der Waals surface area contributed by atoms with Gasteiger partial charge in [-0.1, -0.05) is 0 Å². The predicted molar refractivity (Wildman–Crippen MR) is 75.5 cm³/mol. The van der Waals surface area contributed by atoms with Crippen molar-refractivity contribution in [1.82, 2.24) is 10.9 Å². The van der Waals surface area contributed by atoms with E-state index in [2.05, 4.69) is 10.9 Å². The zero-order chi connectivity index (χ0) is 14.1. The zero-order valence-corrected chi connectivity index (χ0v) is 12.2. The molecule has 0 fully saturated rings. The maximum absolute atomic E-state index is 5.36. The Hall–Kier alpha value is -1.30. The van der Waals surface area contributed by atoms with E-state index in [4.69, 9.17) is 14.2 Å². The van der Waals surface area contributed by atoms with E-state index in [-0.39, 0.29) is 6.23 Å². The van der Waals surface area contributed by atoms with Gasteiger partial charge in [-0.05, 0) is 44.0 Å². The molecule has 0 aliphatic rings. The van der Waals surface area contributed by atoms with Gasteiger partial charge in [0.25, 0.3) is 0 Å². The SMILES string of the molecule is CCOC(C)NNCCc1cc(OC)ccc1OC. The van der Waals surface area contributed by atoms with Crippen molar-refractivity contribution >= 4 is 0 Å². The molecule has 1 aromatic carbocycles. The Balaban J connectivity index is 2.43. The second kappa shape index (κ2) is 8.74. The molecule has 0 saturated carbocycles. The van der Waals surface area contributed by atoms with Crippen LogP contribution in [-0.4, -0.2) is 33.6 Å². The Morgan fingerprint density at radius 2 is 2.00 bits per heavy atom. The van der Waals surface area contributed by atoms with Crippen molar-refractivity contribution in [1.29, 1.82) is 0 Å². The second-order valence-electron chi connectivity index (χ2n) is 4.10. The summed E-state index contributed by atoms with van der Waals surface area (Å²) in [6.45, 7) is 5.41. The fourth-order valence-corrected chi connectivity index (χ4v) is 1.78. The van der Waals surface area contributed by atoms with Gasteiger partial charge in [0.2, 0.25) is 0 Å². The summed E-state index contributed by atoms with van der Waals surface area (Å²) in [5.41, 5.74) is 7.32. The van der Waals surface area contributed by atoms with Crippen LogP contribution in [0.25, 0.3) is 0 Å². The lowest BCUT2D eigenvalue weighted by Crippen LogP contribution is -2.41. The lowest BCUT2D eigenvalue weighted by atomic mass is 10.1. The summed E-state index contributed by atoms with van der Waals surface area (Å²) in [5.74, 6) is 1.71. The molecule has 0 aromatic heterocycles. The van der Waals surface area contributed by atoms with Crippen LogP contribution in [0.2, 0.25) is 0 Å². The first-order valence-corrected chi connectivity index (χ1v) is 6.52. The molecule has 0 radical (unpaired) electrons. The third-order valence-electron chi connectivity index (χ3n) is 2.73. The van der Waals surface area contributed by atoms with Crippen molar-refractivity contribution in [3.63, 3.8) is 0 Å². The van der Waals surface area contributed by atoms with Crippen LogP contribution >= 0.6 is 0 Å². The maximum Gasteiger partial charge on any atom is 0.122 e. The Bertz CT molecular complexity index is 372. The molecular formula is C14H24N2O3. The molecule has 108 valence electrons. The average molecular weight is 268 g/mol. The molecule has 5 nitrogen and oxygen atoms in total. The smallest absolute Gasteiger partial charge is 0.122 e. The Labute approximate surface area is 115 Å². The highest BCUT2D eigenvalue weighted by molar-refractivity contribution is 5.40. The molecule has 1 atom stereocenters. The Morgan fingerprint density at radius 3 is 2.63 bits per heavy atom. The minimum atomic E-state index is -0.00259. The van der Waals surface area contributed by atoms with Crippen LogP contribution in [0, 0.1) is 0 Å². The van der Waals surface area contributed by atoms with E-state index in [9.17, 15) is 0 Å². The van der Waals surface area contributed by atoms with Gasteiger partial charge in [0, 0.05) is 13.2 Å².